The van der Waals surface area contributed by atoms with Crippen molar-refractivity contribution >= 4 is 17.5 Å². The van der Waals surface area contributed by atoms with Crippen LogP contribution in [0.15, 0.2) is 115 Å². The van der Waals surface area contributed by atoms with Crippen LogP contribution in [0, 0.1) is 25.5 Å². The Morgan fingerprint density at radius 1 is 0.810 bits per heavy atom. The number of rotatable bonds is 12. The smallest absolute Gasteiger partial charge is 0.260 e. The number of carbonyl (C=O) groups excluding carboxylic acids is 2. The number of amides is 2. The van der Waals surface area contributed by atoms with Gasteiger partial charge in [-0.3, -0.25) is 14.5 Å². The maximum Gasteiger partial charge on any atom is 0.260 e. The molecule has 0 spiro atoms. The van der Waals surface area contributed by atoms with E-state index >= 15 is 8.78 Å². The molecule has 0 N–H and O–H groups in total. The van der Waals surface area contributed by atoms with Crippen molar-refractivity contribution in [1.29, 1.82) is 0 Å². The molecule has 63 heavy (non-hydrogen) atoms. The van der Waals surface area contributed by atoms with Gasteiger partial charge in [-0.1, -0.05) is 80.6 Å². The van der Waals surface area contributed by atoms with E-state index in [0.29, 0.717) is 73.5 Å². The Bertz CT molecular complexity index is 2530. The first kappa shape index (κ1) is 44.7. The van der Waals surface area contributed by atoms with Gasteiger partial charge in [0, 0.05) is 61.9 Å². The van der Waals surface area contributed by atoms with Crippen LogP contribution in [0.2, 0.25) is 0 Å². The molecule has 9 nitrogen and oxygen atoms in total. The van der Waals surface area contributed by atoms with E-state index < -0.39 is 17.5 Å². The average Bonchev–Trinajstić information content (AvgIpc) is 3.62. The Labute approximate surface area is 369 Å². The van der Waals surface area contributed by atoms with E-state index in [1.807, 2.05) is 119 Å². The molecule has 8 rings (SSSR count). The number of aromatic nitrogens is 1. The van der Waals surface area contributed by atoms with E-state index in [-0.39, 0.29) is 29.6 Å². The second-order valence-corrected chi connectivity index (χ2v) is 15.8. The summed E-state index contributed by atoms with van der Waals surface area (Å²) in [5.74, 6) is -1.57. The van der Waals surface area contributed by atoms with Gasteiger partial charge in [0.15, 0.2) is 11.6 Å². The number of benzene rings is 5. The minimum atomic E-state index is -1.12. The molecule has 0 radical (unpaired) electrons. The summed E-state index contributed by atoms with van der Waals surface area (Å²) in [5, 5.41) is 0. The number of anilines is 1. The lowest BCUT2D eigenvalue weighted by Crippen LogP contribution is -2.52. The molecule has 0 unspecified atom stereocenters. The topological polar surface area (TPSA) is 76.5 Å². The first-order valence-electron chi connectivity index (χ1n) is 21.6. The normalized spacial score (nSPS) is 14.9. The van der Waals surface area contributed by atoms with Crippen molar-refractivity contribution < 1.29 is 32.6 Å². The first-order chi connectivity index (χ1) is 30.6. The van der Waals surface area contributed by atoms with Gasteiger partial charge in [0.25, 0.3) is 11.8 Å². The van der Waals surface area contributed by atoms with Gasteiger partial charge < -0.3 is 28.6 Å². The summed E-state index contributed by atoms with van der Waals surface area (Å²) >= 11 is 0. The third-order valence-electron chi connectivity index (χ3n) is 12.1. The second kappa shape index (κ2) is 20.3. The quantitative estimate of drug-likeness (QED) is 0.122. The lowest BCUT2D eigenvalue weighted by molar-refractivity contribution is 0.0193. The van der Waals surface area contributed by atoms with Gasteiger partial charge in [-0.05, 0) is 96.6 Å². The van der Waals surface area contributed by atoms with Crippen LogP contribution in [-0.4, -0.2) is 72.2 Å². The lowest BCUT2D eigenvalue weighted by atomic mass is 9.92. The number of morpholine rings is 1. The van der Waals surface area contributed by atoms with Crippen molar-refractivity contribution in [2.24, 2.45) is 7.05 Å². The van der Waals surface area contributed by atoms with Crippen LogP contribution in [0.3, 0.4) is 0 Å². The molecule has 11 heteroatoms. The molecule has 1 saturated heterocycles. The Kier molecular flexibility index (Phi) is 14.4. The number of halogens is 2. The molecule has 1 atom stereocenters. The van der Waals surface area contributed by atoms with Crippen LogP contribution >= 0.6 is 0 Å². The Morgan fingerprint density at radius 3 is 2.21 bits per heavy atom. The number of hydrogen-bond donors (Lipinski definition) is 0. The highest BCUT2D eigenvalue weighted by molar-refractivity contribution is 6.08. The second-order valence-electron chi connectivity index (χ2n) is 15.8. The Balaban J connectivity index is 0.00000293. The van der Waals surface area contributed by atoms with Gasteiger partial charge in [-0.25, -0.2) is 8.78 Å². The maximum absolute atomic E-state index is 15.4. The predicted molar refractivity (Wildman–Crippen MR) is 243 cm³/mol. The van der Waals surface area contributed by atoms with Crippen LogP contribution in [0.25, 0.3) is 11.3 Å². The zero-order valence-corrected chi connectivity index (χ0v) is 37.0. The maximum atomic E-state index is 15.4. The molecular formula is C52H56F2N4O5. The van der Waals surface area contributed by atoms with E-state index in [2.05, 4.69) is 11.0 Å². The minimum Gasteiger partial charge on any atom is -0.496 e. The fourth-order valence-corrected chi connectivity index (χ4v) is 8.45. The third-order valence-corrected chi connectivity index (χ3v) is 12.1. The molecular weight excluding hydrogens is 799 g/mol. The summed E-state index contributed by atoms with van der Waals surface area (Å²) in [5.41, 5.74) is 7.21. The van der Waals surface area contributed by atoms with Crippen molar-refractivity contribution in [2.45, 2.75) is 59.9 Å². The Hall–Kier alpha value is -6.30. The van der Waals surface area contributed by atoms with Gasteiger partial charge in [-0.15, -0.1) is 0 Å². The van der Waals surface area contributed by atoms with Crippen LogP contribution in [0.1, 0.15) is 68.1 Å². The molecule has 6 aromatic rings. The summed E-state index contributed by atoms with van der Waals surface area (Å²) in [6.45, 7) is 12.0. The van der Waals surface area contributed by atoms with Crippen molar-refractivity contribution in [1.82, 2.24) is 14.4 Å². The standard InChI is InChI=1S/C50H50F2N4O5.C2H6/c1-33-37(15-10-16-48(33)59-4)29-55(39-17-19-41(20-18-39)61-32-35-11-6-5-7-12-35)49(57)42-28-47(53(3)34(42)2)43-26-45(51)46(52)27-44(43)50(58)56-30-38-14-9-8-13-36(38)25-40(56)31-54-21-23-60-24-22-54;1-2/h5-20,26-28,40H,21-25,29-32H2,1-4H3;1-2H3/t40-;/m0./s1. The van der Waals surface area contributed by atoms with E-state index in [1.54, 1.807) is 34.6 Å². The molecule has 2 aliphatic heterocycles. The van der Waals surface area contributed by atoms with Gasteiger partial charge in [0.05, 0.1) is 38.0 Å². The van der Waals surface area contributed by atoms with E-state index in [4.69, 9.17) is 14.2 Å². The molecule has 3 heterocycles. The minimum absolute atomic E-state index is 0.0276. The summed E-state index contributed by atoms with van der Waals surface area (Å²) < 4.78 is 49.7. The molecule has 1 fully saturated rings. The lowest BCUT2D eigenvalue weighted by Gasteiger charge is -2.40. The van der Waals surface area contributed by atoms with Gasteiger partial charge in [-0.2, -0.15) is 0 Å². The fraction of sp³-hybridized carbons (Fsp3) is 0.308. The first-order valence-corrected chi connectivity index (χ1v) is 21.6. The monoisotopic (exact) mass is 854 g/mol. The summed E-state index contributed by atoms with van der Waals surface area (Å²) in [6.07, 6.45) is 0.628. The number of carbonyl (C=O) groups is 2. The van der Waals surface area contributed by atoms with Crippen molar-refractivity contribution in [3.8, 4) is 22.8 Å². The largest absolute Gasteiger partial charge is 0.496 e. The van der Waals surface area contributed by atoms with Crippen LogP contribution in [0.4, 0.5) is 14.5 Å². The van der Waals surface area contributed by atoms with E-state index in [1.165, 1.54) is 5.56 Å². The number of fused-ring (bicyclic) bond motifs is 1. The number of ether oxygens (including phenoxy) is 3. The molecule has 328 valence electrons. The molecule has 2 aliphatic rings. The van der Waals surface area contributed by atoms with E-state index in [0.717, 1.165) is 47.5 Å². The molecule has 5 aromatic carbocycles. The highest BCUT2D eigenvalue weighted by Gasteiger charge is 2.35. The molecule has 0 aliphatic carbocycles. The zero-order valence-electron chi connectivity index (χ0n) is 37.0. The number of methoxy groups -OCH3 is 1. The predicted octanol–water partition coefficient (Wildman–Crippen LogP) is 9.95. The average molecular weight is 855 g/mol. The van der Waals surface area contributed by atoms with Crippen molar-refractivity contribution in [3.63, 3.8) is 0 Å². The number of nitrogens with zero attached hydrogens (tertiary/aromatic N) is 4. The van der Waals surface area contributed by atoms with Crippen molar-refractivity contribution in [2.75, 3.05) is 44.9 Å². The highest BCUT2D eigenvalue weighted by Crippen LogP contribution is 2.35. The molecule has 2 amide bonds. The fourth-order valence-electron chi connectivity index (χ4n) is 8.45. The Morgan fingerprint density at radius 2 is 1.49 bits per heavy atom. The van der Waals surface area contributed by atoms with E-state index in [9.17, 15) is 9.59 Å². The molecule has 0 bridgehead atoms. The van der Waals surface area contributed by atoms with Crippen LogP contribution in [-0.2, 0) is 37.9 Å². The summed E-state index contributed by atoms with van der Waals surface area (Å²) in [6, 6.07) is 34.6. The molecule has 0 saturated carbocycles. The van der Waals surface area contributed by atoms with Gasteiger partial charge in [0.1, 0.15) is 18.1 Å². The molecule has 1 aromatic heterocycles. The van der Waals surface area contributed by atoms with Crippen LogP contribution < -0.4 is 14.4 Å². The SMILES string of the molecule is CC.COc1cccc(CN(C(=O)c2cc(-c3cc(F)c(F)cc3C(=O)N3Cc4ccccc4C[C@H]3CN3CCOCC3)n(C)c2C)c2ccc(OCc3ccccc3)cc2)c1C. The van der Waals surface area contributed by atoms with Crippen molar-refractivity contribution in [3.05, 3.63) is 172 Å². The highest BCUT2D eigenvalue weighted by atomic mass is 19.2. The zero-order chi connectivity index (χ0) is 44.6. The van der Waals surface area contributed by atoms with Crippen LogP contribution in [0.5, 0.6) is 11.5 Å². The summed E-state index contributed by atoms with van der Waals surface area (Å²) in [4.78, 5) is 35.6. The van der Waals surface area contributed by atoms with Gasteiger partial charge in [0.2, 0.25) is 0 Å². The number of hydrogen-bond acceptors (Lipinski definition) is 6. The summed E-state index contributed by atoms with van der Waals surface area (Å²) in [7, 11) is 3.38. The van der Waals surface area contributed by atoms with Gasteiger partial charge >= 0.3 is 0 Å². The third kappa shape index (κ3) is 9.85.